The number of likely N-dealkylation sites (tertiary alicyclic amines) is 2. The molecule has 168 valence electrons. The van der Waals surface area contributed by atoms with Gasteiger partial charge in [-0.3, -0.25) is 4.79 Å². The van der Waals surface area contributed by atoms with Crippen LogP contribution in [0.15, 0.2) is 0 Å². The highest BCUT2D eigenvalue weighted by Gasteiger charge is 2.32. The maximum atomic E-state index is 12.7. The Morgan fingerprint density at radius 2 is 1.66 bits per heavy atom. The molecule has 0 bridgehead atoms. The number of halogens is 3. The number of amides is 1. The Balaban J connectivity index is 1.54. The van der Waals surface area contributed by atoms with Crippen LogP contribution in [-0.2, 0) is 4.79 Å². The van der Waals surface area contributed by atoms with E-state index < -0.39 is 19.0 Å². The van der Waals surface area contributed by atoms with E-state index in [0.29, 0.717) is 25.0 Å². The van der Waals surface area contributed by atoms with Crippen LogP contribution in [0.5, 0.6) is 0 Å². The third-order valence-electron chi connectivity index (χ3n) is 6.98. The number of carbonyl (C=O) groups excluding carboxylic acids is 1. The lowest BCUT2D eigenvalue weighted by atomic mass is 9.95. The fraction of sp³-hybridized carbons (Fsp3) is 0.955. The lowest BCUT2D eigenvalue weighted by Crippen LogP contribution is -2.47. The van der Waals surface area contributed by atoms with Crippen molar-refractivity contribution in [1.82, 2.24) is 14.7 Å². The zero-order chi connectivity index (χ0) is 20.7. The van der Waals surface area contributed by atoms with Gasteiger partial charge in [0.15, 0.2) is 0 Å². The van der Waals surface area contributed by atoms with E-state index in [2.05, 4.69) is 9.80 Å². The highest BCUT2D eigenvalue weighted by atomic mass is 19.4. The van der Waals surface area contributed by atoms with Gasteiger partial charge in [-0.15, -0.1) is 0 Å². The van der Waals surface area contributed by atoms with Crippen molar-refractivity contribution in [3.63, 3.8) is 0 Å². The minimum atomic E-state index is -4.27. The molecule has 3 fully saturated rings. The molecule has 3 aliphatic rings. The molecule has 2 heterocycles. The molecule has 3 rings (SSSR count). The van der Waals surface area contributed by atoms with Gasteiger partial charge in [-0.2, -0.15) is 13.2 Å². The predicted octanol–water partition coefficient (Wildman–Crippen LogP) is 4.30. The first-order chi connectivity index (χ1) is 13.9. The molecule has 0 radical (unpaired) electrons. The number of hydrogen-bond donors (Lipinski definition) is 0. The zero-order valence-electron chi connectivity index (χ0n) is 17.8. The number of nitrogens with zero attached hydrogens (tertiary/aromatic N) is 3. The third kappa shape index (κ3) is 7.74. The molecular weight excluding hydrogens is 379 g/mol. The highest BCUT2D eigenvalue weighted by molar-refractivity contribution is 5.76. The molecule has 1 aliphatic carbocycles. The molecule has 29 heavy (non-hydrogen) atoms. The van der Waals surface area contributed by atoms with E-state index in [1.165, 1.54) is 44.9 Å². The van der Waals surface area contributed by atoms with Crippen molar-refractivity contribution in [3.8, 4) is 0 Å². The summed E-state index contributed by atoms with van der Waals surface area (Å²) in [7, 11) is 0. The summed E-state index contributed by atoms with van der Waals surface area (Å²) in [6.45, 7) is 6.20. The van der Waals surface area contributed by atoms with Gasteiger partial charge < -0.3 is 14.7 Å². The third-order valence-corrected chi connectivity index (χ3v) is 6.98. The standard InChI is InChI=1S/C22H38F3N3O/c23-22(24,25)11-10-21(29)28(16-15-26-12-4-1-5-13-26)18-19-7-6-14-27(17-19)20-8-2-3-9-20/h19-20H,1-18H2. The summed E-state index contributed by atoms with van der Waals surface area (Å²) < 4.78 is 38.0. The molecule has 1 unspecified atom stereocenters. The van der Waals surface area contributed by atoms with E-state index >= 15 is 0 Å². The molecule has 2 saturated heterocycles. The van der Waals surface area contributed by atoms with E-state index in [9.17, 15) is 18.0 Å². The fourth-order valence-electron chi connectivity index (χ4n) is 5.33. The largest absolute Gasteiger partial charge is 0.389 e. The SMILES string of the molecule is O=C(CCC(F)(F)F)N(CCN1CCCCC1)CC1CCCN(C2CCCC2)C1. The maximum absolute atomic E-state index is 12.7. The molecular formula is C22H38F3N3O. The van der Waals surface area contributed by atoms with Crippen LogP contribution in [0.1, 0.15) is 70.6 Å². The Hall–Kier alpha value is -0.820. The summed E-state index contributed by atoms with van der Waals surface area (Å²) >= 11 is 0. The van der Waals surface area contributed by atoms with Crippen LogP contribution < -0.4 is 0 Å². The van der Waals surface area contributed by atoms with Crippen LogP contribution >= 0.6 is 0 Å². The topological polar surface area (TPSA) is 26.8 Å². The number of hydrogen-bond acceptors (Lipinski definition) is 3. The smallest absolute Gasteiger partial charge is 0.341 e. The molecule has 2 aliphatic heterocycles. The predicted molar refractivity (Wildman–Crippen MR) is 109 cm³/mol. The maximum Gasteiger partial charge on any atom is 0.389 e. The van der Waals surface area contributed by atoms with Crippen LogP contribution in [0.4, 0.5) is 13.2 Å². The van der Waals surface area contributed by atoms with Crippen molar-refractivity contribution in [2.24, 2.45) is 5.92 Å². The van der Waals surface area contributed by atoms with Crippen LogP contribution in [0.2, 0.25) is 0 Å². The Morgan fingerprint density at radius 1 is 0.931 bits per heavy atom. The summed E-state index contributed by atoms with van der Waals surface area (Å²) in [5, 5.41) is 0. The monoisotopic (exact) mass is 417 g/mol. The van der Waals surface area contributed by atoms with E-state index in [0.717, 1.165) is 45.6 Å². The van der Waals surface area contributed by atoms with Gasteiger partial charge in [-0.25, -0.2) is 0 Å². The van der Waals surface area contributed by atoms with Crippen LogP contribution in [0, 0.1) is 5.92 Å². The van der Waals surface area contributed by atoms with E-state index in [1.54, 1.807) is 4.90 Å². The first kappa shape index (κ1) is 22.9. The Bertz CT molecular complexity index is 502. The van der Waals surface area contributed by atoms with Gasteiger partial charge in [0.2, 0.25) is 5.91 Å². The van der Waals surface area contributed by atoms with E-state index in [1.807, 2.05) is 0 Å². The van der Waals surface area contributed by atoms with E-state index in [4.69, 9.17) is 0 Å². The second kappa shape index (κ2) is 11.0. The molecule has 0 aromatic rings. The first-order valence-corrected chi connectivity index (χ1v) is 11.7. The summed E-state index contributed by atoms with van der Waals surface area (Å²) in [4.78, 5) is 19.4. The summed E-state index contributed by atoms with van der Waals surface area (Å²) in [5.74, 6) is 0.0675. The van der Waals surface area contributed by atoms with Crippen molar-refractivity contribution >= 4 is 5.91 Å². The van der Waals surface area contributed by atoms with Gasteiger partial charge in [-0.05, 0) is 64.1 Å². The number of rotatable bonds is 8. The second-order valence-corrected chi connectivity index (χ2v) is 9.30. The molecule has 0 N–H and O–H groups in total. The lowest BCUT2D eigenvalue weighted by molar-refractivity contribution is -0.149. The molecule has 1 atom stereocenters. The van der Waals surface area contributed by atoms with E-state index in [-0.39, 0.29) is 5.91 Å². The quantitative estimate of drug-likeness (QED) is 0.589. The van der Waals surface area contributed by atoms with Gasteiger partial charge in [0.25, 0.3) is 0 Å². The molecule has 1 amide bonds. The Morgan fingerprint density at radius 3 is 2.34 bits per heavy atom. The second-order valence-electron chi connectivity index (χ2n) is 9.30. The molecule has 4 nitrogen and oxygen atoms in total. The molecule has 0 aromatic carbocycles. The Kier molecular flexibility index (Phi) is 8.66. The number of piperidine rings is 2. The average molecular weight is 418 g/mol. The van der Waals surface area contributed by atoms with Gasteiger partial charge in [0, 0.05) is 38.6 Å². The summed E-state index contributed by atoms with van der Waals surface area (Å²) in [5.41, 5.74) is 0. The fourth-order valence-corrected chi connectivity index (χ4v) is 5.33. The minimum Gasteiger partial charge on any atom is -0.341 e. The lowest BCUT2D eigenvalue weighted by Gasteiger charge is -2.39. The normalized spacial score (nSPS) is 25.4. The summed E-state index contributed by atoms with van der Waals surface area (Å²) in [6.07, 6.45) is 5.31. The van der Waals surface area contributed by atoms with Gasteiger partial charge >= 0.3 is 6.18 Å². The van der Waals surface area contributed by atoms with Crippen LogP contribution in [0.25, 0.3) is 0 Å². The number of carbonyl (C=O) groups is 1. The van der Waals surface area contributed by atoms with Gasteiger partial charge in [-0.1, -0.05) is 19.3 Å². The first-order valence-electron chi connectivity index (χ1n) is 11.7. The molecule has 1 saturated carbocycles. The van der Waals surface area contributed by atoms with Gasteiger partial charge in [0.1, 0.15) is 0 Å². The van der Waals surface area contributed by atoms with Crippen molar-refractivity contribution in [1.29, 1.82) is 0 Å². The number of alkyl halides is 3. The summed E-state index contributed by atoms with van der Waals surface area (Å²) in [6, 6.07) is 0.681. The zero-order valence-corrected chi connectivity index (χ0v) is 17.8. The molecule has 0 spiro atoms. The minimum absolute atomic E-state index is 0.322. The van der Waals surface area contributed by atoms with Crippen molar-refractivity contribution in [3.05, 3.63) is 0 Å². The average Bonchev–Trinajstić information content (AvgIpc) is 3.25. The molecule has 0 aromatic heterocycles. The van der Waals surface area contributed by atoms with Crippen molar-refractivity contribution in [2.45, 2.75) is 82.8 Å². The van der Waals surface area contributed by atoms with Gasteiger partial charge in [0.05, 0.1) is 6.42 Å². The Labute approximate surface area is 173 Å². The highest BCUT2D eigenvalue weighted by Crippen LogP contribution is 2.29. The van der Waals surface area contributed by atoms with Crippen LogP contribution in [-0.4, -0.2) is 78.6 Å². The van der Waals surface area contributed by atoms with Crippen LogP contribution in [0.3, 0.4) is 0 Å². The van der Waals surface area contributed by atoms with Crippen molar-refractivity contribution in [2.75, 3.05) is 45.8 Å². The molecule has 7 heteroatoms. The van der Waals surface area contributed by atoms with Crippen molar-refractivity contribution < 1.29 is 18.0 Å².